The predicted octanol–water partition coefficient (Wildman–Crippen LogP) is 5.17. The maximum absolute atomic E-state index is 4.19. The lowest BCUT2D eigenvalue weighted by Gasteiger charge is -2.02. The Morgan fingerprint density at radius 3 is 1.57 bits per heavy atom. The van der Waals surface area contributed by atoms with Crippen LogP contribution in [-0.2, 0) is 11.5 Å². The van der Waals surface area contributed by atoms with Crippen LogP contribution in [-0.4, -0.2) is 33.5 Å². The maximum Gasteiger partial charge on any atom is 0.206 e. The van der Waals surface area contributed by atoms with Gasteiger partial charge in [0, 0.05) is 24.6 Å². The monoisotopic (exact) mass is 448 g/mol. The molecule has 0 aliphatic heterocycles. The molecule has 0 spiro atoms. The second-order valence-corrected chi connectivity index (χ2v) is 9.88. The zero-order chi connectivity index (χ0) is 19.6. The van der Waals surface area contributed by atoms with Gasteiger partial charge in [-0.25, -0.2) is 0 Å². The molecule has 0 saturated carbocycles. The minimum atomic E-state index is 0.697. The van der Waals surface area contributed by atoms with Crippen molar-refractivity contribution < 1.29 is 0 Å². The van der Waals surface area contributed by atoms with Crippen molar-refractivity contribution in [1.82, 2.24) is 20.4 Å². The summed E-state index contributed by atoms with van der Waals surface area (Å²) in [4.78, 5) is 0. The van der Waals surface area contributed by atoms with Crippen LogP contribution < -0.4 is 10.6 Å². The summed E-state index contributed by atoms with van der Waals surface area (Å²) in [5.74, 6) is 1.75. The first-order chi connectivity index (χ1) is 13.8. The SMILES string of the molecule is C=CCNc1nnc(SCc2ccc(CSc3nnc(NCC=C)s3)cc2)s1. The standard InChI is InChI=1S/C18H20N6S4/c1-3-9-19-15-21-23-17(27-15)25-11-13-5-7-14(8-6-13)12-26-18-24-22-16(28-18)20-10-4-2/h3-8H,1-2,9-12H2,(H,19,21)(H,20,22). The van der Waals surface area contributed by atoms with E-state index in [1.807, 2.05) is 0 Å². The molecule has 0 aliphatic rings. The molecular formula is C18H20N6S4. The highest BCUT2D eigenvalue weighted by atomic mass is 32.2. The van der Waals surface area contributed by atoms with Crippen molar-refractivity contribution in [3.05, 3.63) is 60.7 Å². The van der Waals surface area contributed by atoms with Gasteiger partial charge >= 0.3 is 0 Å². The summed E-state index contributed by atoms with van der Waals surface area (Å²) in [6, 6.07) is 8.66. The third-order valence-electron chi connectivity index (χ3n) is 3.36. The quantitative estimate of drug-likeness (QED) is 0.290. The summed E-state index contributed by atoms with van der Waals surface area (Å²) in [6.07, 6.45) is 3.61. The van der Waals surface area contributed by atoms with Crippen molar-refractivity contribution in [2.24, 2.45) is 0 Å². The number of nitrogens with one attached hydrogen (secondary N) is 2. The van der Waals surface area contributed by atoms with Gasteiger partial charge in [-0.15, -0.1) is 33.6 Å². The van der Waals surface area contributed by atoms with Crippen molar-refractivity contribution in [1.29, 1.82) is 0 Å². The number of hydrogen-bond acceptors (Lipinski definition) is 10. The van der Waals surface area contributed by atoms with Gasteiger partial charge in [0.15, 0.2) is 8.68 Å². The Morgan fingerprint density at radius 1 is 0.750 bits per heavy atom. The second-order valence-electron chi connectivity index (χ2n) is 5.48. The summed E-state index contributed by atoms with van der Waals surface area (Å²) < 4.78 is 1.92. The fourth-order valence-corrected chi connectivity index (χ4v) is 5.45. The molecule has 0 unspecified atom stereocenters. The van der Waals surface area contributed by atoms with Crippen molar-refractivity contribution >= 4 is 56.5 Å². The van der Waals surface area contributed by atoms with Crippen LogP contribution in [0.2, 0.25) is 0 Å². The molecule has 0 radical (unpaired) electrons. The first kappa shape index (κ1) is 20.8. The average Bonchev–Trinajstić information content (AvgIpc) is 3.37. The molecule has 2 N–H and O–H groups in total. The van der Waals surface area contributed by atoms with Gasteiger partial charge in [0.1, 0.15) is 0 Å². The number of thioether (sulfide) groups is 2. The lowest BCUT2D eigenvalue weighted by atomic mass is 10.2. The van der Waals surface area contributed by atoms with E-state index in [4.69, 9.17) is 0 Å². The predicted molar refractivity (Wildman–Crippen MR) is 123 cm³/mol. The molecule has 0 aliphatic carbocycles. The molecule has 6 nitrogen and oxygen atoms in total. The second kappa shape index (κ2) is 11.2. The first-order valence-electron chi connectivity index (χ1n) is 8.47. The van der Waals surface area contributed by atoms with E-state index in [1.54, 1.807) is 58.3 Å². The number of benzene rings is 1. The van der Waals surface area contributed by atoms with Gasteiger partial charge in [-0.2, -0.15) is 0 Å². The number of anilines is 2. The van der Waals surface area contributed by atoms with Crippen molar-refractivity contribution in [3.63, 3.8) is 0 Å². The molecular weight excluding hydrogens is 429 g/mol. The largest absolute Gasteiger partial charge is 0.357 e. The molecule has 2 aromatic heterocycles. The van der Waals surface area contributed by atoms with Gasteiger partial charge in [-0.3, -0.25) is 0 Å². The number of aromatic nitrogens is 4. The van der Waals surface area contributed by atoms with E-state index in [-0.39, 0.29) is 0 Å². The lowest BCUT2D eigenvalue weighted by Crippen LogP contribution is -1.96. The molecule has 2 heterocycles. The fourth-order valence-electron chi connectivity index (χ4n) is 2.02. The van der Waals surface area contributed by atoms with E-state index < -0.39 is 0 Å². The average molecular weight is 449 g/mol. The molecule has 0 fully saturated rings. The van der Waals surface area contributed by atoms with E-state index in [9.17, 15) is 0 Å². The third-order valence-corrected chi connectivity index (χ3v) is 7.53. The van der Waals surface area contributed by atoms with Crippen LogP contribution in [0.25, 0.3) is 0 Å². The first-order valence-corrected chi connectivity index (χ1v) is 12.1. The highest BCUT2D eigenvalue weighted by Gasteiger charge is 2.06. The van der Waals surface area contributed by atoms with Gasteiger partial charge in [-0.05, 0) is 11.1 Å². The van der Waals surface area contributed by atoms with E-state index in [0.29, 0.717) is 13.1 Å². The molecule has 10 heteroatoms. The molecule has 3 rings (SSSR count). The summed E-state index contributed by atoms with van der Waals surface area (Å²) in [7, 11) is 0. The maximum atomic E-state index is 4.19. The topological polar surface area (TPSA) is 75.6 Å². The number of nitrogens with zero attached hydrogens (tertiary/aromatic N) is 4. The Labute approximate surface area is 181 Å². The highest BCUT2D eigenvalue weighted by Crippen LogP contribution is 2.30. The Morgan fingerprint density at radius 2 is 1.18 bits per heavy atom. The summed E-state index contributed by atoms with van der Waals surface area (Å²) in [6.45, 7) is 8.76. The minimum Gasteiger partial charge on any atom is -0.357 e. The third kappa shape index (κ3) is 6.62. The molecule has 146 valence electrons. The molecule has 0 saturated heterocycles. The van der Waals surface area contributed by atoms with Crippen molar-refractivity contribution in [3.8, 4) is 0 Å². The van der Waals surface area contributed by atoms with E-state index in [0.717, 1.165) is 30.4 Å². The van der Waals surface area contributed by atoms with Crippen LogP contribution in [0.3, 0.4) is 0 Å². The molecule has 0 atom stereocenters. The molecule has 28 heavy (non-hydrogen) atoms. The molecule has 0 amide bonds. The lowest BCUT2D eigenvalue weighted by molar-refractivity contribution is 1.01. The zero-order valence-corrected chi connectivity index (χ0v) is 18.4. The van der Waals surface area contributed by atoms with Crippen LogP contribution in [0.5, 0.6) is 0 Å². The van der Waals surface area contributed by atoms with E-state index >= 15 is 0 Å². The van der Waals surface area contributed by atoms with Crippen LogP contribution in [0.4, 0.5) is 10.3 Å². The van der Waals surface area contributed by atoms with E-state index in [2.05, 4.69) is 68.5 Å². The highest BCUT2D eigenvalue weighted by molar-refractivity contribution is 8.00. The van der Waals surface area contributed by atoms with Gasteiger partial charge < -0.3 is 10.6 Å². The van der Waals surface area contributed by atoms with Crippen LogP contribution >= 0.6 is 46.2 Å². The summed E-state index contributed by atoms with van der Waals surface area (Å²) in [5, 5.41) is 24.6. The van der Waals surface area contributed by atoms with Gasteiger partial charge in [-0.1, -0.05) is 82.6 Å². The molecule has 1 aromatic carbocycles. The normalized spacial score (nSPS) is 10.6. The van der Waals surface area contributed by atoms with E-state index in [1.165, 1.54) is 11.1 Å². The molecule has 0 bridgehead atoms. The summed E-state index contributed by atoms with van der Waals surface area (Å²) in [5.41, 5.74) is 2.53. The van der Waals surface area contributed by atoms with Gasteiger partial charge in [0.25, 0.3) is 0 Å². The Balaban J connectivity index is 1.44. The zero-order valence-electron chi connectivity index (χ0n) is 15.1. The number of rotatable bonds is 12. The molecule has 3 aromatic rings. The van der Waals surface area contributed by atoms with Crippen molar-refractivity contribution in [2.75, 3.05) is 23.7 Å². The Bertz CT molecular complexity index is 816. The smallest absolute Gasteiger partial charge is 0.206 e. The Kier molecular flexibility index (Phi) is 8.34. The number of hydrogen-bond donors (Lipinski definition) is 2. The van der Waals surface area contributed by atoms with Gasteiger partial charge in [0.05, 0.1) is 0 Å². The van der Waals surface area contributed by atoms with Crippen LogP contribution in [0, 0.1) is 0 Å². The van der Waals surface area contributed by atoms with Crippen molar-refractivity contribution in [2.45, 2.75) is 20.2 Å². The fraction of sp³-hybridized carbons (Fsp3) is 0.222. The van der Waals surface area contributed by atoms with Crippen LogP contribution in [0.1, 0.15) is 11.1 Å². The minimum absolute atomic E-state index is 0.697. The Hall–Kier alpha value is -1.88. The summed E-state index contributed by atoms with van der Waals surface area (Å²) >= 11 is 6.52. The van der Waals surface area contributed by atoms with Crippen LogP contribution in [0.15, 0.2) is 58.3 Å². The van der Waals surface area contributed by atoms with Gasteiger partial charge in [0.2, 0.25) is 10.3 Å².